The summed E-state index contributed by atoms with van der Waals surface area (Å²) in [7, 11) is 0. The highest BCUT2D eigenvalue weighted by molar-refractivity contribution is 6.01. The van der Waals surface area contributed by atoms with E-state index in [2.05, 4.69) is 26.5 Å². The second-order valence-corrected chi connectivity index (χ2v) is 11.0. The fraction of sp³-hybridized carbons (Fsp3) is 0.182. The number of nitrogens with two attached hydrogens (primary N) is 1. The number of Topliss-reactive ketones (excluding diaryl/α,β-unsaturated/α-hetero) is 2. The van der Waals surface area contributed by atoms with Crippen LogP contribution in [0, 0.1) is 12.3 Å². The van der Waals surface area contributed by atoms with Crippen molar-refractivity contribution in [3.63, 3.8) is 0 Å². The van der Waals surface area contributed by atoms with E-state index in [4.69, 9.17) is 16.9 Å². The largest absolute Gasteiger partial charge is 0.444 e. The van der Waals surface area contributed by atoms with Crippen LogP contribution in [0.5, 0.6) is 0 Å². The average molecular weight is 621 g/mol. The van der Waals surface area contributed by atoms with Crippen molar-refractivity contribution in [3.05, 3.63) is 95.8 Å². The Balaban J connectivity index is 0.000000162. The SMILES string of the molecule is C#Cc1ccn2ncc(C=O)c2c1.CC(=O)c1cnn2ccc(N)cc12.CC(=O)c1cnn2ccc(NC(=O)OC(C)(C)C)cc12. The number of carbonyl (C=O) groups is 4. The number of ether oxygens (including phenoxy) is 1. The molecule has 0 aliphatic heterocycles. The molecule has 3 N–H and O–H groups in total. The second-order valence-electron chi connectivity index (χ2n) is 11.0. The number of carbonyl (C=O) groups excluding carboxylic acids is 4. The van der Waals surface area contributed by atoms with Crippen LogP contribution in [0.1, 0.15) is 71.3 Å². The molecule has 6 aromatic rings. The zero-order chi connectivity index (χ0) is 33.6. The van der Waals surface area contributed by atoms with E-state index < -0.39 is 11.7 Å². The maximum absolute atomic E-state index is 11.7. The topological polar surface area (TPSA) is 167 Å². The molecule has 0 saturated carbocycles. The summed E-state index contributed by atoms with van der Waals surface area (Å²) in [6, 6.07) is 10.4. The van der Waals surface area contributed by atoms with E-state index in [9.17, 15) is 19.2 Å². The van der Waals surface area contributed by atoms with Crippen LogP contribution in [0.25, 0.3) is 16.6 Å². The van der Waals surface area contributed by atoms with Gasteiger partial charge in [-0.1, -0.05) is 5.92 Å². The van der Waals surface area contributed by atoms with Crippen molar-refractivity contribution in [3.8, 4) is 12.3 Å². The first-order valence-corrected chi connectivity index (χ1v) is 13.9. The Morgan fingerprint density at radius 3 is 1.96 bits per heavy atom. The number of hydrogen-bond acceptors (Lipinski definition) is 9. The second kappa shape index (κ2) is 13.6. The summed E-state index contributed by atoms with van der Waals surface area (Å²) in [4.78, 5) is 44.9. The number of fused-ring (bicyclic) bond motifs is 3. The molecule has 0 spiro atoms. The van der Waals surface area contributed by atoms with E-state index in [-0.39, 0.29) is 11.6 Å². The van der Waals surface area contributed by atoms with Gasteiger partial charge in [-0.05, 0) is 71.0 Å². The van der Waals surface area contributed by atoms with Crippen molar-refractivity contribution in [2.75, 3.05) is 11.1 Å². The average Bonchev–Trinajstić information content (AvgIpc) is 3.72. The summed E-state index contributed by atoms with van der Waals surface area (Å²) in [5.41, 5.74) is 10.8. The molecule has 6 rings (SSSR count). The van der Waals surface area contributed by atoms with Crippen molar-refractivity contribution in [2.45, 2.75) is 40.2 Å². The van der Waals surface area contributed by atoms with Gasteiger partial charge in [0.1, 0.15) is 5.60 Å². The lowest BCUT2D eigenvalue weighted by Crippen LogP contribution is -2.27. The molecule has 0 atom stereocenters. The number of terminal acetylenes is 1. The molecule has 0 aliphatic carbocycles. The minimum absolute atomic E-state index is 0.000556. The van der Waals surface area contributed by atoms with Crippen molar-refractivity contribution >= 4 is 51.9 Å². The van der Waals surface area contributed by atoms with E-state index in [0.29, 0.717) is 33.6 Å². The highest BCUT2D eigenvalue weighted by atomic mass is 16.6. The fourth-order valence-corrected chi connectivity index (χ4v) is 4.20. The van der Waals surface area contributed by atoms with Crippen LogP contribution in [-0.4, -0.2) is 58.4 Å². The van der Waals surface area contributed by atoms with E-state index in [1.165, 1.54) is 26.2 Å². The quantitative estimate of drug-likeness (QED) is 0.154. The molecular formula is C33H32N8O5. The van der Waals surface area contributed by atoms with Crippen LogP contribution in [0.4, 0.5) is 16.2 Å². The molecule has 1 amide bonds. The number of rotatable bonds is 4. The normalized spacial score (nSPS) is 10.7. The Kier molecular flexibility index (Phi) is 9.62. The maximum atomic E-state index is 11.7. The first-order chi connectivity index (χ1) is 21.8. The van der Waals surface area contributed by atoms with Crippen LogP contribution >= 0.6 is 0 Å². The standard InChI is InChI=1S/C14H17N3O3.C10H6N2O.C9H9N3O/c1-9(18)11-8-15-17-6-5-10(7-12(11)17)16-13(19)20-14(2,3)4;1-2-8-3-4-12-10(5-8)9(7-13)6-11-12;1-6(13)8-5-11-12-3-2-7(10)4-9(8)12/h5-8H,1-4H3,(H,16,19);1,3-7H;2-5H,10H2,1H3. The van der Waals surface area contributed by atoms with Gasteiger partial charge < -0.3 is 10.5 Å². The predicted molar refractivity (Wildman–Crippen MR) is 173 cm³/mol. The Bertz CT molecular complexity index is 2120. The Morgan fingerprint density at radius 1 is 0.848 bits per heavy atom. The minimum atomic E-state index is -0.560. The lowest BCUT2D eigenvalue weighted by atomic mass is 10.2. The Hall–Kier alpha value is -6.29. The van der Waals surface area contributed by atoms with Crippen LogP contribution in [0.2, 0.25) is 0 Å². The molecule has 46 heavy (non-hydrogen) atoms. The van der Waals surface area contributed by atoms with Gasteiger partial charge in [0.25, 0.3) is 0 Å². The lowest BCUT2D eigenvalue weighted by Gasteiger charge is -2.19. The van der Waals surface area contributed by atoms with Gasteiger partial charge >= 0.3 is 6.09 Å². The first kappa shape index (κ1) is 32.6. The number of hydrogen-bond donors (Lipinski definition) is 2. The third-order valence-electron chi connectivity index (χ3n) is 6.32. The maximum Gasteiger partial charge on any atom is 0.412 e. The number of nitrogens with one attached hydrogen (secondary N) is 1. The number of nitrogens with zero attached hydrogens (tertiary/aromatic N) is 6. The number of ketones is 2. The molecule has 0 fully saturated rings. The lowest BCUT2D eigenvalue weighted by molar-refractivity contribution is 0.0635. The van der Waals surface area contributed by atoms with Crippen LogP contribution < -0.4 is 11.1 Å². The van der Waals surface area contributed by atoms with Crippen molar-refractivity contribution in [2.24, 2.45) is 0 Å². The Labute approximate surface area is 264 Å². The van der Waals surface area contributed by atoms with E-state index in [0.717, 1.165) is 22.9 Å². The number of anilines is 2. The van der Waals surface area contributed by atoms with Gasteiger partial charge in [0.05, 0.1) is 51.8 Å². The van der Waals surface area contributed by atoms with Crippen molar-refractivity contribution < 1.29 is 23.9 Å². The van der Waals surface area contributed by atoms with Gasteiger partial charge in [0.15, 0.2) is 17.9 Å². The van der Waals surface area contributed by atoms with E-state index >= 15 is 0 Å². The van der Waals surface area contributed by atoms with Crippen LogP contribution in [0.3, 0.4) is 0 Å². The summed E-state index contributed by atoms with van der Waals surface area (Å²) in [5, 5.41) is 14.7. The van der Waals surface area contributed by atoms with Gasteiger partial charge in [-0.2, -0.15) is 15.3 Å². The van der Waals surface area contributed by atoms with Crippen LogP contribution in [-0.2, 0) is 4.74 Å². The van der Waals surface area contributed by atoms with Crippen LogP contribution in [0.15, 0.2) is 73.6 Å². The summed E-state index contributed by atoms with van der Waals surface area (Å²) < 4.78 is 10.0. The van der Waals surface area contributed by atoms with E-state index in [1.807, 2.05) is 0 Å². The summed E-state index contributed by atoms with van der Waals surface area (Å²) in [6.45, 7) is 8.37. The molecule has 234 valence electrons. The molecular weight excluding hydrogens is 588 g/mol. The summed E-state index contributed by atoms with van der Waals surface area (Å²) in [5.74, 6) is 2.43. The smallest absolute Gasteiger partial charge is 0.412 e. The molecule has 0 unspecified atom stereocenters. The molecule has 13 nitrogen and oxygen atoms in total. The van der Waals surface area contributed by atoms with Crippen molar-refractivity contribution in [1.82, 2.24) is 28.8 Å². The fourth-order valence-electron chi connectivity index (χ4n) is 4.20. The van der Waals surface area contributed by atoms with E-state index in [1.54, 1.807) is 95.5 Å². The molecule has 0 saturated heterocycles. The number of pyridine rings is 3. The molecule has 6 heterocycles. The molecule has 0 bridgehead atoms. The number of nitrogen functional groups attached to an aromatic ring is 1. The first-order valence-electron chi connectivity index (χ1n) is 13.9. The molecule has 0 aliphatic rings. The number of aldehydes is 1. The van der Waals surface area contributed by atoms with Gasteiger partial charge in [-0.25, -0.2) is 18.3 Å². The summed E-state index contributed by atoms with van der Waals surface area (Å²) >= 11 is 0. The Morgan fingerprint density at radius 2 is 1.39 bits per heavy atom. The zero-order valence-electron chi connectivity index (χ0n) is 25.9. The molecule has 6 aromatic heterocycles. The molecule has 13 heteroatoms. The third-order valence-corrected chi connectivity index (χ3v) is 6.32. The molecule has 0 aromatic carbocycles. The van der Waals surface area contributed by atoms with Gasteiger partial charge in [0.2, 0.25) is 0 Å². The number of aromatic nitrogens is 6. The van der Waals surface area contributed by atoms with Crippen molar-refractivity contribution in [1.29, 1.82) is 0 Å². The zero-order valence-corrected chi connectivity index (χ0v) is 25.9. The van der Waals surface area contributed by atoms with Gasteiger partial charge in [-0.15, -0.1) is 6.42 Å². The van der Waals surface area contributed by atoms with Gasteiger partial charge in [0, 0.05) is 35.5 Å². The minimum Gasteiger partial charge on any atom is -0.444 e. The predicted octanol–water partition coefficient (Wildman–Crippen LogP) is 5.13. The monoisotopic (exact) mass is 620 g/mol. The summed E-state index contributed by atoms with van der Waals surface area (Å²) in [6.07, 6.45) is 15.2. The highest BCUT2D eigenvalue weighted by Gasteiger charge is 2.17. The number of amides is 1. The molecule has 0 radical (unpaired) electrons. The third kappa shape index (κ3) is 7.80. The highest BCUT2D eigenvalue weighted by Crippen LogP contribution is 2.18. The van der Waals surface area contributed by atoms with Gasteiger partial charge in [-0.3, -0.25) is 19.7 Å².